The van der Waals surface area contributed by atoms with E-state index < -0.39 is 26.2 Å². The van der Waals surface area contributed by atoms with E-state index in [1.165, 1.54) is 18.5 Å². The Balaban J connectivity index is 2.16. The maximum absolute atomic E-state index is 13.5. The van der Waals surface area contributed by atoms with E-state index in [9.17, 15) is 22.0 Å². The Morgan fingerprint density at radius 1 is 1.07 bits per heavy atom. The van der Waals surface area contributed by atoms with Gasteiger partial charge in [-0.25, -0.2) is 18.7 Å². The zero-order valence-corrected chi connectivity index (χ0v) is 16.3. The highest BCUT2D eigenvalue weighted by Gasteiger charge is 2.30. The van der Waals surface area contributed by atoms with Crippen LogP contribution in [-0.4, -0.2) is 22.4 Å². The van der Waals surface area contributed by atoms with Gasteiger partial charge in [0.15, 0.2) is 11.3 Å². The van der Waals surface area contributed by atoms with E-state index in [2.05, 4.69) is 21.4 Å². The van der Waals surface area contributed by atoms with E-state index in [0.29, 0.717) is 5.56 Å². The number of fused-ring (bicyclic) bond motifs is 1. The molecule has 0 radical (unpaired) electrons. The molecule has 2 aromatic heterocycles. The summed E-state index contributed by atoms with van der Waals surface area (Å²) < 4.78 is 66.5. The van der Waals surface area contributed by atoms with Crippen molar-refractivity contribution in [1.82, 2.24) is 14.4 Å². The van der Waals surface area contributed by atoms with Crippen LogP contribution < -0.4 is 0 Å². The van der Waals surface area contributed by atoms with Gasteiger partial charge in [0.1, 0.15) is 14.4 Å². The van der Waals surface area contributed by atoms with Crippen LogP contribution in [0.3, 0.4) is 0 Å². The fourth-order valence-electron chi connectivity index (χ4n) is 2.47. The number of rotatable bonds is 2. The van der Waals surface area contributed by atoms with Crippen LogP contribution in [0.25, 0.3) is 16.9 Å². The molecule has 28 heavy (non-hydrogen) atoms. The Kier molecular flexibility index (Phi) is 5.02. The van der Waals surface area contributed by atoms with Gasteiger partial charge in [0.2, 0.25) is 0 Å². The molecule has 0 aliphatic heterocycles. The second-order valence-electron chi connectivity index (χ2n) is 7.23. The Labute approximate surface area is 159 Å². The predicted octanol–water partition coefficient (Wildman–Crippen LogP) is 5.58. The molecular formula is C19H16F5N3Si. The van der Waals surface area contributed by atoms with Crippen LogP contribution >= 0.6 is 0 Å². The molecule has 9 heteroatoms. The first-order chi connectivity index (χ1) is 13.0. The summed E-state index contributed by atoms with van der Waals surface area (Å²) in [4.78, 5) is 8.43. The summed E-state index contributed by atoms with van der Waals surface area (Å²) in [5.41, 5.74) is 2.77. The minimum atomic E-state index is -4.48. The van der Waals surface area contributed by atoms with E-state index in [-0.39, 0.29) is 22.7 Å². The SMILES string of the molecule is C[Si](C)(C)C#Cc1ncn2c(C(F)F)cc(-c3ccc(C(F)(F)F)cc3)nc12. The molecule has 0 amide bonds. The number of imidazole rings is 1. The number of benzene rings is 1. The number of nitrogens with zero attached hydrogens (tertiary/aromatic N) is 3. The molecule has 0 fully saturated rings. The van der Waals surface area contributed by atoms with Crippen LogP contribution in [0.1, 0.15) is 23.4 Å². The highest BCUT2D eigenvalue weighted by atomic mass is 28.3. The van der Waals surface area contributed by atoms with Crippen molar-refractivity contribution in [3.63, 3.8) is 0 Å². The zero-order chi connectivity index (χ0) is 20.7. The third-order valence-electron chi connectivity index (χ3n) is 3.82. The van der Waals surface area contributed by atoms with Crippen LogP contribution in [0, 0.1) is 11.5 Å². The third kappa shape index (κ3) is 4.22. The summed E-state index contributed by atoms with van der Waals surface area (Å²) in [6.45, 7) is 6.10. The molecule has 0 aliphatic carbocycles. The molecule has 1 aromatic carbocycles. The van der Waals surface area contributed by atoms with Crippen molar-refractivity contribution in [2.24, 2.45) is 0 Å². The van der Waals surface area contributed by atoms with Gasteiger partial charge in [-0.2, -0.15) is 13.2 Å². The Morgan fingerprint density at radius 3 is 2.25 bits per heavy atom. The lowest BCUT2D eigenvalue weighted by Crippen LogP contribution is -2.16. The maximum Gasteiger partial charge on any atom is 0.416 e. The number of halogens is 5. The molecule has 0 saturated carbocycles. The van der Waals surface area contributed by atoms with Crippen LogP contribution in [0.5, 0.6) is 0 Å². The highest BCUT2D eigenvalue weighted by molar-refractivity contribution is 6.83. The lowest BCUT2D eigenvalue weighted by molar-refractivity contribution is -0.137. The van der Waals surface area contributed by atoms with Gasteiger partial charge in [0, 0.05) is 5.56 Å². The fourth-order valence-corrected chi connectivity index (χ4v) is 2.97. The second kappa shape index (κ2) is 7.02. The smallest absolute Gasteiger partial charge is 0.281 e. The minimum Gasteiger partial charge on any atom is -0.281 e. The lowest BCUT2D eigenvalue weighted by Gasteiger charge is -2.10. The molecule has 0 N–H and O–H groups in total. The van der Waals surface area contributed by atoms with Crippen molar-refractivity contribution >= 4 is 13.7 Å². The third-order valence-corrected chi connectivity index (χ3v) is 4.69. The monoisotopic (exact) mass is 409 g/mol. The van der Waals surface area contributed by atoms with Crippen molar-refractivity contribution in [1.29, 1.82) is 0 Å². The first-order valence-electron chi connectivity index (χ1n) is 8.33. The summed E-state index contributed by atoms with van der Waals surface area (Å²) in [5, 5.41) is 0. The molecule has 0 unspecified atom stereocenters. The first-order valence-corrected chi connectivity index (χ1v) is 11.8. The topological polar surface area (TPSA) is 30.2 Å². The molecule has 0 bridgehead atoms. The first kappa shape index (κ1) is 20.0. The van der Waals surface area contributed by atoms with E-state index in [1.807, 2.05) is 19.6 Å². The lowest BCUT2D eigenvalue weighted by atomic mass is 10.1. The van der Waals surface area contributed by atoms with Crippen molar-refractivity contribution in [3.8, 4) is 22.7 Å². The molecule has 0 spiro atoms. The number of aromatic nitrogens is 3. The van der Waals surface area contributed by atoms with E-state index in [1.54, 1.807) is 0 Å². The quantitative estimate of drug-likeness (QED) is 0.314. The average Bonchev–Trinajstić information content (AvgIpc) is 3.00. The summed E-state index contributed by atoms with van der Waals surface area (Å²) >= 11 is 0. The maximum atomic E-state index is 13.5. The summed E-state index contributed by atoms with van der Waals surface area (Å²) in [5.74, 6) is 2.91. The van der Waals surface area contributed by atoms with E-state index in [4.69, 9.17) is 0 Å². The summed E-state index contributed by atoms with van der Waals surface area (Å²) in [6.07, 6.45) is -6.06. The Morgan fingerprint density at radius 2 is 1.71 bits per heavy atom. The number of hydrogen-bond donors (Lipinski definition) is 0. The van der Waals surface area contributed by atoms with Gasteiger partial charge in [0.25, 0.3) is 6.43 Å². The Hall–Kier alpha value is -2.73. The molecule has 3 rings (SSSR count). The largest absolute Gasteiger partial charge is 0.416 e. The van der Waals surface area contributed by atoms with Gasteiger partial charge in [0.05, 0.1) is 17.0 Å². The van der Waals surface area contributed by atoms with Crippen molar-refractivity contribution in [2.75, 3.05) is 0 Å². The van der Waals surface area contributed by atoms with Crippen molar-refractivity contribution < 1.29 is 22.0 Å². The second-order valence-corrected chi connectivity index (χ2v) is 12.0. The molecule has 2 heterocycles. The normalized spacial score (nSPS) is 12.3. The fraction of sp³-hybridized carbons (Fsp3) is 0.263. The van der Waals surface area contributed by atoms with E-state index >= 15 is 0 Å². The van der Waals surface area contributed by atoms with Gasteiger partial charge in [-0.05, 0) is 18.2 Å². The minimum absolute atomic E-state index is 0.132. The molecule has 0 atom stereocenters. The number of hydrogen-bond acceptors (Lipinski definition) is 2. The van der Waals surface area contributed by atoms with Gasteiger partial charge in [-0.15, -0.1) is 5.54 Å². The van der Waals surface area contributed by atoms with Gasteiger partial charge < -0.3 is 0 Å². The number of alkyl halides is 5. The van der Waals surface area contributed by atoms with Gasteiger partial charge in [-0.1, -0.05) is 37.7 Å². The summed E-state index contributed by atoms with van der Waals surface area (Å²) in [6, 6.07) is 5.36. The van der Waals surface area contributed by atoms with Gasteiger partial charge in [-0.3, -0.25) is 4.40 Å². The molecular weight excluding hydrogens is 393 g/mol. The van der Waals surface area contributed by atoms with Crippen molar-refractivity contribution in [3.05, 3.63) is 53.6 Å². The van der Waals surface area contributed by atoms with Crippen LogP contribution in [0.15, 0.2) is 36.7 Å². The predicted molar refractivity (Wildman–Crippen MR) is 98.6 cm³/mol. The average molecular weight is 409 g/mol. The van der Waals surface area contributed by atoms with E-state index in [0.717, 1.165) is 22.6 Å². The Bertz CT molecular complexity index is 1070. The van der Waals surface area contributed by atoms with Crippen LogP contribution in [-0.2, 0) is 6.18 Å². The molecule has 0 aliphatic rings. The molecule has 0 saturated heterocycles. The van der Waals surface area contributed by atoms with Crippen LogP contribution in [0.4, 0.5) is 22.0 Å². The molecule has 3 nitrogen and oxygen atoms in total. The zero-order valence-electron chi connectivity index (χ0n) is 15.3. The summed E-state index contributed by atoms with van der Waals surface area (Å²) in [7, 11) is -1.73. The molecule has 3 aromatic rings. The highest BCUT2D eigenvalue weighted by Crippen LogP contribution is 2.32. The van der Waals surface area contributed by atoms with Gasteiger partial charge >= 0.3 is 6.18 Å². The molecule has 146 valence electrons. The van der Waals surface area contributed by atoms with Crippen LogP contribution in [0.2, 0.25) is 19.6 Å². The van der Waals surface area contributed by atoms with Crippen molar-refractivity contribution in [2.45, 2.75) is 32.2 Å². The standard InChI is InChI=1S/C19H16F5N3Si/c1-28(2,3)9-8-14-18-26-15(10-16(17(20)21)27(18)11-25-14)12-4-6-13(7-5-12)19(22,23)24/h4-7,10-11,17H,1-3H3.